The van der Waals surface area contributed by atoms with Crippen LogP contribution in [0.15, 0.2) is 12.3 Å². The average molecular weight is 219 g/mol. The SMILES string of the molecule is C=C(C)N1C(=O)[N-]C(C)(C)N1C.[V]. The molecular formula is C8H14N3OV-. The first-order valence-electron chi connectivity index (χ1n) is 3.82. The van der Waals surface area contributed by atoms with Crippen LogP contribution in [-0.2, 0) is 18.6 Å². The Morgan fingerprint density at radius 1 is 1.54 bits per heavy atom. The summed E-state index contributed by atoms with van der Waals surface area (Å²) in [5.41, 5.74) is 0.243. The number of hydrazine groups is 1. The summed E-state index contributed by atoms with van der Waals surface area (Å²) >= 11 is 0. The zero-order valence-corrected chi connectivity index (χ0v) is 9.80. The number of urea groups is 1. The largest absolute Gasteiger partial charge is 0.410 e. The molecule has 0 aliphatic carbocycles. The second-order valence-electron chi connectivity index (χ2n) is 3.46. The summed E-state index contributed by atoms with van der Waals surface area (Å²) in [6, 6.07) is -0.241. The molecule has 1 heterocycles. The molecule has 4 nitrogen and oxygen atoms in total. The summed E-state index contributed by atoms with van der Waals surface area (Å²) in [5.74, 6) is 0. The monoisotopic (exact) mass is 219 g/mol. The van der Waals surface area contributed by atoms with Crippen molar-refractivity contribution < 1.29 is 23.4 Å². The van der Waals surface area contributed by atoms with Crippen molar-refractivity contribution in [2.75, 3.05) is 7.05 Å². The van der Waals surface area contributed by atoms with E-state index in [9.17, 15) is 4.79 Å². The first kappa shape index (κ1) is 12.6. The molecule has 5 heteroatoms. The van der Waals surface area contributed by atoms with E-state index in [-0.39, 0.29) is 24.6 Å². The molecule has 0 N–H and O–H groups in total. The van der Waals surface area contributed by atoms with Crippen LogP contribution in [0.2, 0.25) is 0 Å². The molecule has 13 heavy (non-hydrogen) atoms. The van der Waals surface area contributed by atoms with Gasteiger partial charge < -0.3 is 10.3 Å². The molecule has 1 radical (unpaired) electrons. The Balaban J connectivity index is 0.00000144. The van der Waals surface area contributed by atoms with E-state index in [1.165, 1.54) is 5.01 Å². The third-order valence-corrected chi connectivity index (χ3v) is 2.00. The third-order valence-electron chi connectivity index (χ3n) is 2.00. The van der Waals surface area contributed by atoms with Gasteiger partial charge in [0.05, 0.1) is 0 Å². The smallest absolute Gasteiger partial charge is 0.171 e. The van der Waals surface area contributed by atoms with Gasteiger partial charge in [-0.3, -0.25) is 9.80 Å². The number of hydrogen-bond acceptors (Lipinski definition) is 2. The molecule has 1 saturated heterocycles. The quantitative estimate of drug-likeness (QED) is 0.675. The molecule has 0 bridgehead atoms. The van der Waals surface area contributed by atoms with Crippen LogP contribution in [0, 0.1) is 0 Å². The fourth-order valence-electron chi connectivity index (χ4n) is 1.15. The summed E-state index contributed by atoms with van der Waals surface area (Å²) in [7, 11) is 1.82. The van der Waals surface area contributed by atoms with Gasteiger partial charge in [0.25, 0.3) is 0 Å². The van der Waals surface area contributed by atoms with Crippen LogP contribution in [-0.4, -0.2) is 28.8 Å². The topological polar surface area (TPSA) is 37.7 Å². The zero-order valence-electron chi connectivity index (χ0n) is 8.40. The predicted molar refractivity (Wildman–Crippen MR) is 47.3 cm³/mol. The van der Waals surface area contributed by atoms with Crippen LogP contribution < -0.4 is 0 Å². The number of nitrogens with zero attached hydrogens (tertiary/aromatic N) is 3. The Hall–Kier alpha value is -0.446. The third kappa shape index (κ3) is 2.07. The maximum atomic E-state index is 11.3. The second kappa shape index (κ2) is 3.74. The van der Waals surface area contributed by atoms with Gasteiger partial charge in [-0.05, 0) is 27.8 Å². The van der Waals surface area contributed by atoms with Crippen LogP contribution in [0.3, 0.4) is 0 Å². The Labute approximate surface area is 90.8 Å². The molecule has 2 amide bonds. The van der Waals surface area contributed by atoms with Crippen molar-refractivity contribution in [1.29, 1.82) is 0 Å². The molecule has 0 atom stereocenters. The van der Waals surface area contributed by atoms with E-state index >= 15 is 0 Å². The maximum absolute atomic E-state index is 11.3. The van der Waals surface area contributed by atoms with Gasteiger partial charge in [0.2, 0.25) is 0 Å². The number of carbonyl (C=O) groups is 1. The van der Waals surface area contributed by atoms with E-state index in [1.54, 1.807) is 11.9 Å². The molecule has 0 saturated carbocycles. The van der Waals surface area contributed by atoms with Gasteiger partial charge in [-0.2, -0.15) is 0 Å². The van der Waals surface area contributed by atoms with E-state index in [4.69, 9.17) is 0 Å². The van der Waals surface area contributed by atoms with Crippen molar-refractivity contribution in [2.45, 2.75) is 26.4 Å². The fourth-order valence-corrected chi connectivity index (χ4v) is 1.15. The number of rotatable bonds is 1. The molecule has 1 aliphatic rings. The van der Waals surface area contributed by atoms with Crippen molar-refractivity contribution in [3.8, 4) is 0 Å². The van der Waals surface area contributed by atoms with E-state index in [0.717, 1.165) is 0 Å². The number of carbonyl (C=O) groups excluding carboxylic acids is 1. The molecule has 1 fully saturated rings. The Bertz CT molecular complexity index is 240. The maximum Gasteiger partial charge on any atom is 0.171 e. The molecule has 73 valence electrons. The van der Waals surface area contributed by atoms with Crippen LogP contribution in [0.5, 0.6) is 0 Å². The van der Waals surface area contributed by atoms with Crippen molar-refractivity contribution in [1.82, 2.24) is 10.0 Å². The predicted octanol–water partition coefficient (Wildman–Crippen LogP) is 1.91. The minimum Gasteiger partial charge on any atom is -0.410 e. The van der Waals surface area contributed by atoms with Gasteiger partial charge in [-0.15, -0.1) is 0 Å². The van der Waals surface area contributed by atoms with Gasteiger partial charge in [0, 0.05) is 24.2 Å². The summed E-state index contributed by atoms with van der Waals surface area (Å²) in [6.07, 6.45) is 0. The van der Waals surface area contributed by atoms with Crippen molar-refractivity contribution in [3.63, 3.8) is 0 Å². The molecule has 0 spiro atoms. The van der Waals surface area contributed by atoms with Gasteiger partial charge in [-0.25, -0.2) is 0 Å². The number of hydrogen-bond donors (Lipinski definition) is 0. The first-order chi connectivity index (χ1) is 5.36. The fraction of sp³-hybridized carbons (Fsp3) is 0.625. The average Bonchev–Trinajstić information content (AvgIpc) is 2.02. The van der Waals surface area contributed by atoms with Crippen LogP contribution in [0.1, 0.15) is 20.8 Å². The van der Waals surface area contributed by atoms with Crippen LogP contribution in [0.4, 0.5) is 4.79 Å². The molecule has 0 aromatic heterocycles. The molecule has 1 rings (SSSR count). The normalized spacial score (nSPS) is 20.9. The van der Waals surface area contributed by atoms with Gasteiger partial charge >= 0.3 is 0 Å². The molecule has 0 unspecified atom stereocenters. The molecular weight excluding hydrogens is 205 g/mol. The van der Waals surface area contributed by atoms with Gasteiger partial charge in [0.15, 0.2) is 6.03 Å². The second-order valence-corrected chi connectivity index (χ2v) is 3.46. The first-order valence-corrected chi connectivity index (χ1v) is 3.82. The minimum atomic E-state index is -0.448. The summed E-state index contributed by atoms with van der Waals surface area (Å²) in [5, 5.41) is 7.20. The van der Waals surface area contributed by atoms with Crippen LogP contribution >= 0.6 is 0 Å². The Morgan fingerprint density at radius 2 is 2.00 bits per heavy atom. The van der Waals surface area contributed by atoms with Crippen LogP contribution in [0.25, 0.3) is 5.32 Å². The van der Waals surface area contributed by atoms with Crippen molar-refractivity contribution in [3.05, 3.63) is 17.6 Å². The standard InChI is InChI=1S/C8H15N3O.V/c1-6(2)11-7(12)9-8(3,4)10(11)5;/h1H2,2-5H3,(H,9,12);/p-1. The summed E-state index contributed by atoms with van der Waals surface area (Å²) < 4.78 is 0. The Kier molecular flexibility index (Phi) is 3.61. The number of amides is 2. The molecule has 0 aromatic carbocycles. The molecule has 1 aliphatic heterocycles. The minimum absolute atomic E-state index is 0. The van der Waals surface area contributed by atoms with E-state index in [2.05, 4.69) is 11.9 Å². The zero-order chi connectivity index (χ0) is 9.52. The van der Waals surface area contributed by atoms with Gasteiger partial charge in [-0.1, -0.05) is 12.3 Å². The van der Waals surface area contributed by atoms with Crippen molar-refractivity contribution in [2.24, 2.45) is 0 Å². The number of allylic oxidation sites excluding steroid dienone is 1. The summed E-state index contributed by atoms with van der Waals surface area (Å²) in [6.45, 7) is 9.26. The van der Waals surface area contributed by atoms with Gasteiger partial charge in [0.1, 0.15) is 0 Å². The molecule has 0 aromatic rings. The van der Waals surface area contributed by atoms with Crippen molar-refractivity contribution >= 4 is 6.03 Å². The Morgan fingerprint density at radius 3 is 2.15 bits per heavy atom. The van der Waals surface area contributed by atoms with E-state index < -0.39 is 5.66 Å². The van der Waals surface area contributed by atoms with E-state index in [1.807, 2.05) is 20.9 Å². The summed E-state index contributed by atoms with van der Waals surface area (Å²) in [4.78, 5) is 11.3. The van der Waals surface area contributed by atoms with E-state index in [0.29, 0.717) is 5.70 Å².